The van der Waals surface area contributed by atoms with Gasteiger partial charge in [0, 0.05) is 0 Å². The second-order valence-electron chi connectivity index (χ2n) is 8.07. The van der Waals surface area contributed by atoms with Gasteiger partial charge in [0.15, 0.2) is 6.54 Å². The van der Waals surface area contributed by atoms with Crippen LogP contribution in [-0.2, 0) is 14.9 Å². The van der Waals surface area contributed by atoms with E-state index >= 15 is 0 Å². The molecule has 2 N–H and O–H groups in total. The largest absolute Gasteiger partial charge is 0.492 e. The molecule has 1 saturated heterocycles. The average molecular weight is 349 g/mol. The zero-order valence-electron chi connectivity index (χ0n) is 16.2. The van der Waals surface area contributed by atoms with E-state index in [0.717, 1.165) is 18.8 Å². The fraction of sp³-hybridized carbons (Fsp3) is 0.650. The highest BCUT2D eigenvalue weighted by Gasteiger charge is 2.26. The molecule has 1 aliphatic heterocycles. The van der Waals surface area contributed by atoms with E-state index in [-0.39, 0.29) is 23.5 Å². The molecule has 1 amide bonds. The Balaban J connectivity index is 1.66. The van der Waals surface area contributed by atoms with Crippen LogP contribution < -0.4 is 15.0 Å². The minimum Gasteiger partial charge on any atom is -0.492 e. The summed E-state index contributed by atoms with van der Waals surface area (Å²) in [6, 6.07) is 8.17. The minimum atomic E-state index is 0.0722. The maximum Gasteiger partial charge on any atom is 0.275 e. The second kappa shape index (κ2) is 8.68. The van der Waals surface area contributed by atoms with Crippen LogP contribution in [0.1, 0.15) is 40.2 Å². The Morgan fingerprint density at radius 2 is 1.80 bits per heavy atom. The topological polar surface area (TPSA) is 52.0 Å². The standard InChI is InChI=1S/C20H32N2O3/c1-15-12-22(13-16(2)25-15)14-19(23)21-10-11-24-18-8-6-17(7-9-18)20(3,4)5/h6-9,15-16H,10-14H2,1-5H3,(H,21,23)/p+1/t15-,16+. The van der Waals surface area contributed by atoms with Gasteiger partial charge in [0.25, 0.3) is 5.91 Å². The molecule has 1 aliphatic rings. The minimum absolute atomic E-state index is 0.0722. The van der Waals surface area contributed by atoms with E-state index in [1.165, 1.54) is 10.5 Å². The molecule has 1 aromatic carbocycles. The van der Waals surface area contributed by atoms with Crippen LogP contribution in [0.15, 0.2) is 24.3 Å². The first kappa shape index (κ1) is 19.7. The zero-order chi connectivity index (χ0) is 18.4. The first-order valence-corrected chi connectivity index (χ1v) is 9.23. The summed E-state index contributed by atoms with van der Waals surface area (Å²) in [5, 5.41) is 2.94. The van der Waals surface area contributed by atoms with Crippen LogP contribution in [0.25, 0.3) is 0 Å². The van der Waals surface area contributed by atoms with Gasteiger partial charge in [0.05, 0.1) is 6.54 Å². The van der Waals surface area contributed by atoms with E-state index in [0.29, 0.717) is 19.7 Å². The van der Waals surface area contributed by atoms with E-state index in [2.05, 4.69) is 52.1 Å². The predicted octanol–water partition coefficient (Wildman–Crippen LogP) is 1.17. The number of hydrogen-bond donors (Lipinski definition) is 2. The number of amides is 1. The monoisotopic (exact) mass is 349 g/mol. The molecule has 1 heterocycles. The molecule has 0 bridgehead atoms. The van der Waals surface area contributed by atoms with Gasteiger partial charge in [-0.25, -0.2) is 0 Å². The number of quaternary nitrogens is 1. The Bertz CT molecular complexity index is 541. The number of ether oxygens (including phenoxy) is 2. The maximum absolute atomic E-state index is 12.1. The summed E-state index contributed by atoms with van der Waals surface area (Å²) < 4.78 is 11.4. The molecule has 1 fully saturated rings. The van der Waals surface area contributed by atoms with Gasteiger partial charge in [-0.15, -0.1) is 0 Å². The summed E-state index contributed by atoms with van der Waals surface area (Å²) in [4.78, 5) is 13.3. The van der Waals surface area contributed by atoms with Crippen LogP contribution in [-0.4, -0.2) is 50.9 Å². The number of nitrogens with one attached hydrogen (secondary N) is 2. The predicted molar refractivity (Wildman–Crippen MR) is 99.2 cm³/mol. The Hall–Kier alpha value is -1.59. The van der Waals surface area contributed by atoms with Crippen molar-refractivity contribution in [2.45, 2.75) is 52.2 Å². The van der Waals surface area contributed by atoms with Gasteiger partial charge in [-0.2, -0.15) is 0 Å². The quantitative estimate of drug-likeness (QED) is 0.758. The van der Waals surface area contributed by atoms with Crippen molar-refractivity contribution in [3.63, 3.8) is 0 Å². The number of carbonyl (C=O) groups excluding carboxylic acids is 1. The molecular weight excluding hydrogens is 316 g/mol. The van der Waals surface area contributed by atoms with E-state index in [4.69, 9.17) is 9.47 Å². The van der Waals surface area contributed by atoms with Gasteiger partial charge >= 0.3 is 0 Å². The lowest BCUT2D eigenvalue weighted by atomic mass is 9.87. The molecule has 0 spiro atoms. The first-order chi connectivity index (χ1) is 11.7. The van der Waals surface area contributed by atoms with Gasteiger partial charge in [-0.1, -0.05) is 32.9 Å². The summed E-state index contributed by atoms with van der Waals surface area (Å²) in [6.07, 6.45) is 0.428. The second-order valence-corrected chi connectivity index (χ2v) is 8.07. The Morgan fingerprint density at radius 3 is 2.36 bits per heavy atom. The highest BCUT2D eigenvalue weighted by molar-refractivity contribution is 5.76. The molecule has 25 heavy (non-hydrogen) atoms. The van der Waals surface area contributed by atoms with Gasteiger partial charge in [0.2, 0.25) is 0 Å². The molecule has 5 nitrogen and oxygen atoms in total. The summed E-state index contributed by atoms with van der Waals surface area (Å²) >= 11 is 0. The van der Waals surface area contributed by atoms with E-state index < -0.39 is 0 Å². The van der Waals surface area contributed by atoms with E-state index in [1.807, 2.05) is 12.1 Å². The third-order valence-corrected chi connectivity index (χ3v) is 4.44. The summed E-state index contributed by atoms with van der Waals surface area (Å²) in [5.41, 5.74) is 1.42. The highest BCUT2D eigenvalue weighted by Crippen LogP contribution is 2.24. The Kier molecular flexibility index (Phi) is 6.85. The van der Waals surface area contributed by atoms with Crippen molar-refractivity contribution >= 4 is 5.91 Å². The number of rotatable bonds is 6. The average Bonchev–Trinajstić information content (AvgIpc) is 2.50. The van der Waals surface area contributed by atoms with Gasteiger partial charge < -0.3 is 19.7 Å². The fourth-order valence-electron chi connectivity index (χ4n) is 3.23. The van der Waals surface area contributed by atoms with E-state index in [9.17, 15) is 4.79 Å². The van der Waals surface area contributed by atoms with Crippen LogP contribution in [0.3, 0.4) is 0 Å². The van der Waals surface area contributed by atoms with Gasteiger partial charge in [-0.05, 0) is 37.0 Å². The molecule has 5 heteroatoms. The number of carbonyl (C=O) groups is 1. The van der Waals surface area contributed by atoms with Gasteiger partial charge in [0.1, 0.15) is 37.7 Å². The fourth-order valence-corrected chi connectivity index (χ4v) is 3.23. The van der Waals surface area contributed by atoms with Crippen LogP contribution in [0.4, 0.5) is 0 Å². The molecule has 3 atom stereocenters. The molecule has 0 radical (unpaired) electrons. The van der Waals surface area contributed by atoms with Gasteiger partial charge in [-0.3, -0.25) is 4.79 Å². The molecular formula is C20H33N2O3+. The Morgan fingerprint density at radius 1 is 1.20 bits per heavy atom. The maximum atomic E-state index is 12.1. The van der Waals surface area contributed by atoms with Crippen molar-refractivity contribution in [1.29, 1.82) is 0 Å². The number of benzene rings is 1. The van der Waals surface area contributed by atoms with Crippen molar-refractivity contribution < 1.29 is 19.2 Å². The number of hydrogen-bond acceptors (Lipinski definition) is 3. The smallest absolute Gasteiger partial charge is 0.275 e. The lowest BCUT2D eigenvalue weighted by molar-refractivity contribution is -0.907. The molecule has 1 aromatic rings. The molecule has 0 aromatic heterocycles. The summed E-state index contributed by atoms with van der Waals surface area (Å²) in [7, 11) is 0. The number of morpholine rings is 1. The van der Waals surface area contributed by atoms with Crippen LogP contribution in [0.2, 0.25) is 0 Å². The third kappa shape index (κ3) is 6.67. The normalized spacial score (nSPS) is 24.0. The Labute approximate surface area is 151 Å². The van der Waals surface area contributed by atoms with Crippen LogP contribution >= 0.6 is 0 Å². The van der Waals surface area contributed by atoms with Crippen molar-refractivity contribution in [1.82, 2.24) is 5.32 Å². The van der Waals surface area contributed by atoms with Crippen molar-refractivity contribution in [3.05, 3.63) is 29.8 Å². The summed E-state index contributed by atoms with van der Waals surface area (Å²) in [5.74, 6) is 0.909. The molecule has 0 saturated carbocycles. The molecule has 0 aliphatic carbocycles. The molecule has 140 valence electrons. The molecule has 2 rings (SSSR count). The lowest BCUT2D eigenvalue weighted by Crippen LogP contribution is -3.16. The third-order valence-electron chi connectivity index (χ3n) is 4.44. The van der Waals surface area contributed by atoms with Crippen molar-refractivity contribution in [3.8, 4) is 5.75 Å². The van der Waals surface area contributed by atoms with E-state index in [1.54, 1.807) is 0 Å². The highest BCUT2D eigenvalue weighted by atomic mass is 16.5. The van der Waals surface area contributed by atoms with Crippen LogP contribution in [0, 0.1) is 0 Å². The molecule has 1 unspecified atom stereocenters. The lowest BCUT2D eigenvalue weighted by Gasteiger charge is -2.31. The SMILES string of the molecule is C[C@@H]1C[NH+](CC(=O)NCCOc2ccc(C(C)(C)C)cc2)C[C@H](C)O1. The first-order valence-electron chi connectivity index (χ1n) is 9.23. The van der Waals surface area contributed by atoms with Crippen molar-refractivity contribution in [2.24, 2.45) is 0 Å². The summed E-state index contributed by atoms with van der Waals surface area (Å²) in [6.45, 7) is 14.0. The zero-order valence-corrected chi connectivity index (χ0v) is 16.2. The van der Waals surface area contributed by atoms with Crippen molar-refractivity contribution in [2.75, 3.05) is 32.8 Å². The van der Waals surface area contributed by atoms with Crippen LogP contribution in [0.5, 0.6) is 5.75 Å².